The van der Waals surface area contributed by atoms with Gasteiger partial charge in [-0.05, 0) is 50.6 Å². The van der Waals surface area contributed by atoms with Crippen molar-refractivity contribution in [1.82, 2.24) is 9.78 Å². The molecule has 5 nitrogen and oxygen atoms in total. The van der Waals surface area contributed by atoms with Gasteiger partial charge in [0.15, 0.2) is 0 Å². The van der Waals surface area contributed by atoms with Crippen LogP contribution in [0.3, 0.4) is 0 Å². The third-order valence-electron chi connectivity index (χ3n) is 3.07. The van der Waals surface area contributed by atoms with Crippen molar-refractivity contribution in [3.05, 3.63) is 35.5 Å². The van der Waals surface area contributed by atoms with Crippen molar-refractivity contribution in [1.29, 1.82) is 0 Å². The fourth-order valence-electron chi connectivity index (χ4n) is 2.10. The summed E-state index contributed by atoms with van der Waals surface area (Å²) >= 11 is 0. The van der Waals surface area contributed by atoms with Gasteiger partial charge in [0.05, 0.1) is 12.3 Å². The highest BCUT2D eigenvalue weighted by atomic mass is 16.5. The van der Waals surface area contributed by atoms with Gasteiger partial charge < -0.3 is 9.84 Å². The van der Waals surface area contributed by atoms with Crippen LogP contribution in [0.25, 0.3) is 11.3 Å². The minimum Gasteiger partial charge on any atom is -0.494 e. The molecule has 0 saturated carbocycles. The van der Waals surface area contributed by atoms with Gasteiger partial charge in [-0.15, -0.1) is 0 Å². The molecule has 2 aromatic rings. The Kier molecular flexibility index (Phi) is 4.08. The number of hydrogen-bond donors (Lipinski definition) is 1. The molecule has 2 rings (SSSR count). The first kappa shape index (κ1) is 14.1. The number of ether oxygens (including phenoxy) is 1. The van der Waals surface area contributed by atoms with Crippen molar-refractivity contribution in [2.24, 2.45) is 0 Å². The monoisotopic (exact) mass is 274 g/mol. The summed E-state index contributed by atoms with van der Waals surface area (Å²) in [5.74, 6) is -0.127. The van der Waals surface area contributed by atoms with E-state index < -0.39 is 5.97 Å². The van der Waals surface area contributed by atoms with Crippen LogP contribution in [0.4, 0.5) is 0 Å². The van der Waals surface area contributed by atoms with Crippen LogP contribution >= 0.6 is 0 Å². The van der Waals surface area contributed by atoms with E-state index in [1.54, 1.807) is 6.07 Å². The van der Waals surface area contributed by atoms with E-state index >= 15 is 0 Å². The van der Waals surface area contributed by atoms with Gasteiger partial charge in [-0.25, -0.2) is 4.79 Å². The Labute approximate surface area is 117 Å². The summed E-state index contributed by atoms with van der Waals surface area (Å²) in [6.45, 7) is 6.91. The van der Waals surface area contributed by atoms with Crippen molar-refractivity contribution < 1.29 is 14.6 Å². The van der Waals surface area contributed by atoms with E-state index in [9.17, 15) is 4.79 Å². The molecule has 5 heteroatoms. The lowest BCUT2D eigenvalue weighted by Crippen LogP contribution is -2.08. The van der Waals surface area contributed by atoms with Crippen molar-refractivity contribution in [3.8, 4) is 17.0 Å². The SMILES string of the molecule is CCOc1ccc(-c2cc(C(=O)O)n(CC)n2)cc1C. The van der Waals surface area contributed by atoms with Crippen LogP contribution in [0.5, 0.6) is 5.75 Å². The predicted molar refractivity (Wildman–Crippen MR) is 76.2 cm³/mol. The van der Waals surface area contributed by atoms with Crippen LogP contribution in [-0.4, -0.2) is 27.5 Å². The van der Waals surface area contributed by atoms with Crippen molar-refractivity contribution >= 4 is 5.97 Å². The van der Waals surface area contributed by atoms with E-state index in [0.29, 0.717) is 18.8 Å². The number of aromatic nitrogens is 2. The quantitative estimate of drug-likeness (QED) is 0.910. The fourth-order valence-corrected chi connectivity index (χ4v) is 2.10. The molecule has 1 aromatic heterocycles. The standard InChI is InChI=1S/C15H18N2O3/c1-4-17-13(15(18)19)9-12(16-17)11-6-7-14(20-5-2)10(3)8-11/h6-9H,4-5H2,1-3H3,(H,18,19). The molecule has 0 spiro atoms. The van der Waals surface area contributed by atoms with Gasteiger partial charge in [-0.3, -0.25) is 4.68 Å². The molecule has 20 heavy (non-hydrogen) atoms. The Bertz CT molecular complexity index is 632. The van der Waals surface area contributed by atoms with Gasteiger partial charge in [0.1, 0.15) is 11.4 Å². The molecule has 0 amide bonds. The lowest BCUT2D eigenvalue weighted by Gasteiger charge is -2.07. The predicted octanol–water partition coefficient (Wildman–Crippen LogP) is 2.98. The molecule has 1 N–H and O–H groups in total. The highest BCUT2D eigenvalue weighted by Crippen LogP contribution is 2.26. The number of rotatable bonds is 5. The van der Waals surface area contributed by atoms with Crippen LogP contribution in [0, 0.1) is 6.92 Å². The van der Waals surface area contributed by atoms with Gasteiger partial charge in [0.2, 0.25) is 0 Å². The van der Waals surface area contributed by atoms with Gasteiger partial charge in [-0.1, -0.05) is 0 Å². The second-order valence-corrected chi connectivity index (χ2v) is 4.45. The summed E-state index contributed by atoms with van der Waals surface area (Å²) in [7, 11) is 0. The summed E-state index contributed by atoms with van der Waals surface area (Å²) in [6.07, 6.45) is 0. The van der Waals surface area contributed by atoms with Crippen LogP contribution < -0.4 is 4.74 Å². The normalized spacial score (nSPS) is 10.6. The molecule has 0 aliphatic rings. The van der Waals surface area contributed by atoms with Crippen LogP contribution in [-0.2, 0) is 6.54 Å². The van der Waals surface area contributed by atoms with E-state index in [2.05, 4.69) is 5.10 Å². The van der Waals surface area contributed by atoms with Crippen LogP contribution in [0.15, 0.2) is 24.3 Å². The lowest BCUT2D eigenvalue weighted by molar-refractivity contribution is 0.0683. The molecular formula is C15H18N2O3. The summed E-state index contributed by atoms with van der Waals surface area (Å²) in [5, 5.41) is 13.5. The minimum absolute atomic E-state index is 0.203. The molecule has 0 fully saturated rings. The Morgan fingerprint density at radius 1 is 1.35 bits per heavy atom. The highest BCUT2D eigenvalue weighted by molar-refractivity contribution is 5.87. The molecule has 0 radical (unpaired) electrons. The topological polar surface area (TPSA) is 64.3 Å². The summed E-state index contributed by atoms with van der Waals surface area (Å²) < 4.78 is 6.99. The van der Waals surface area contributed by atoms with Crippen LogP contribution in [0.2, 0.25) is 0 Å². The molecule has 106 valence electrons. The molecule has 0 saturated heterocycles. The van der Waals surface area contributed by atoms with Crippen LogP contribution in [0.1, 0.15) is 29.9 Å². The molecule has 0 bridgehead atoms. The third-order valence-corrected chi connectivity index (χ3v) is 3.07. The summed E-state index contributed by atoms with van der Waals surface area (Å²) in [4.78, 5) is 11.2. The average molecular weight is 274 g/mol. The average Bonchev–Trinajstić information content (AvgIpc) is 2.85. The van der Waals surface area contributed by atoms with Gasteiger partial charge in [0.25, 0.3) is 0 Å². The number of carbonyl (C=O) groups is 1. The molecule has 1 aromatic carbocycles. The second kappa shape index (κ2) is 5.77. The molecule has 0 aliphatic carbocycles. The number of carboxylic acids is 1. The first-order valence-electron chi connectivity index (χ1n) is 6.61. The number of hydrogen-bond acceptors (Lipinski definition) is 3. The number of aromatic carboxylic acids is 1. The van der Waals surface area contributed by atoms with Gasteiger partial charge >= 0.3 is 5.97 Å². The number of nitrogens with zero attached hydrogens (tertiary/aromatic N) is 2. The Hall–Kier alpha value is -2.30. The Morgan fingerprint density at radius 2 is 2.10 bits per heavy atom. The first-order chi connectivity index (χ1) is 9.56. The maximum Gasteiger partial charge on any atom is 0.354 e. The maximum atomic E-state index is 11.2. The zero-order chi connectivity index (χ0) is 14.7. The lowest BCUT2D eigenvalue weighted by atomic mass is 10.1. The Morgan fingerprint density at radius 3 is 2.60 bits per heavy atom. The van der Waals surface area contributed by atoms with E-state index in [0.717, 1.165) is 16.9 Å². The highest BCUT2D eigenvalue weighted by Gasteiger charge is 2.14. The third kappa shape index (κ3) is 2.66. The van der Waals surface area contributed by atoms with Gasteiger partial charge in [-0.2, -0.15) is 5.10 Å². The molecule has 0 unspecified atom stereocenters. The maximum absolute atomic E-state index is 11.2. The molecule has 0 aliphatic heterocycles. The second-order valence-electron chi connectivity index (χ2n) is 4.45. The zero-order valence-electron chi connectivity index (χ0n) is 11.9. The van der Waals surface area contributed by atoms with E-state index in [1.807, 2.05) is 39.0 Å². The first-order valence-corrected chi connectivity index (χ1v) is 6.61. The number of benzene rings is 1. The van der Waals surface area contributed by atoms with Crippen molar-refractivity contribution in [2.75, 3.05) is 6.61 Å². The van der Waals surface area contributed by atoms with E-state index in [4.69, 9.17) is 9.84 Å². The fraction of sp³-hybridized carbons (Fsp3) is 0.333. The van der Waals surface area contributed by atoms with Crippen molar-refractivity contribution in [3.63, 3.8) is 0 Å². The molecule has 1 heterocycles. The van der Waals surface area contributed by atoms with E-state index in [1.165, 1.54) is 4.68 Å². The minimum atomic E-state index is -0.965. The smallest absolute Gasteiger partial charge is 0.354 e. The molecular weight excluding hydrogens is 256 g/mol. The number of aryl methyl sites for hydroxylation is 2. The number of carboxylic acid groups (broad SMARTS) is 1. The summed E-state index contributed by atoms with van der Waals surface area (Å²) in [5.41, 5.74) is 2.76. The molecule has 0 atom stereocenters. The summed E-state index contributed by atoms with van der Waals surface area (Å²) in [6, 6.07) is 7.34. The Balaban J connectivity index is 2.41. The zero-order valence-corrected chi connectivity index (χ0v) is 11.9. The van der Waals surface area contributed by atoms with Crippen molar-refractivity contribution in [2.45, 2.75) is 27.3 Å². The largest absolute Gasteiger partial charge is 0.494 e. The van der Waals surface area contributed by atoms with E-state index in [-0.39, 0.29) is 5.69 Å². The van der Waals surface area contributed by atoms with Gasteiger partial charge in [0, 0.05) is 12.1 Å².